The van der Waals surface area contributed by atoms with E-state index in [4.69, 9.17) is 5.11 Å². The Bertz CT molecular complexity index is 658. The second-order valence-corrected chi connectivity index (χ2v) is 8.42. The minimum absolute atomic E-state index is 0.0504. The van der Waals surface area contributed by atoms with E-state index in [1.165, 1.54) is 0 Å². The molecule has 0 aliphatic carbocycles. The summed E-state index contributed by atoms with van der Waals surface area (Å²) in [6.45, 7) is 3.50. The van der Waals surface area contributed by atoms with Crippen LogP contribution in [0.5, 0.6) is 0 Å². The number of hydrogen-bond donors (Lipinski definition) is 2. The molecule has 0 radical (unpaired) electrons. The lowest BCUT2D eigenvalue weighted by molar-refractivity contribution is -0.136. The average molecular weight is 359 g/mol. The molecule has 0 spiro atoms. The van der Waals surface area contributed by atoms with Crippen LogP contribution in [0.1, 0.15) is 26.7 Å². The Balaban J connectivity index is 2.81. The van der Waals surface area contributed by atoms with Crippen LogP contribution in [0.3, 0.4) is 0 Å². The predicted octanol–water partition coefficient (Wildman–Crippen LogP) is 1.94. The lowest BCUT2D eigenvalue weighted by Crippen LogP contribution is -2.32. The molecule has 0 aromatic heterocycles. The van der Waals surface area contributed by atoms with Crippen LogP contribution in [0.25, 0.3) is 0 Å². The minimum atomic E-state index is -3.37. The lowest BCUT2D eigenvalue weighted by atomic mass is 10.4. The third-order valence-electron chi connectivity index (χ3n) is 2.97. The molecule has 0 saturated heterocycles. The van der Waals surface area contributed by atoms with Gasteiger partial charge in [-0.3, -0.25) is 9.59 Å². The summed E-state index contributed by atoms with van der Waals surface area (Å²) in [5, 5.41) is 10.6. The van der Waals surface area contributed by atoms with E-state index in [1.54, 1.807) is 38.1 Å². The van der Waals surface area contributed by atoms with Gasteiger partial charge in [-0.2, -0.15) is 0 Å². The fourth-order valence-electron chi connectivity index (χ4n) is 1.86. The molecule has 2 N–H and O–H groups in total. The van der Waals surface area contributed by atoms with Gasteiger partial charge >= 0.3 is 5.97 Å². The Kier molecular flexibility index (Phi) is 7.57. The Labute approximate surface area is 140 Å². The maximum Gasteiger partial charge on any atom is 0.305 e. The smallest absolute Gasteiger partial charge is 0.305 e. The molecule has 0 saturated carbocycles. The van der Waals surface area contributed by atoms with E-state index in [0.717, 1.165) is 11.8 Å². The van der Waals surface area contributed by atoms with E-state index in [1.807, 2.05) is 0 Å². The molecule has 0 aliphatic heterocycles. The second-order valence-electron chi connectivity index (χ2n) is 4.96. The average Bonchev–Trinajstić information content (AvgIpc) is 2.47. The Morgan fingerprint density at radius 1 is 1.30 bits per heavy atom. The monoisotopic (exact) mass is 359 g/mol. The maximum atomic E-state index is 12.3. The number of nitrogens with one attached hydrogen (secondary N) is 1. The first kappa shape index (κ1) is 19.5. The highest BCUT2D eigenvalue weighted by Crippen LogP contribution is 2.30. The highest BCUT2D eigenvalue weighted by atomic mass is 32.2. The van der Waals surface area contributed by atoms with Crippen LogP contribution < -0.4 is 5.32 Å². The van der Waals surface area contributed by atoms with Gasteiger partial charge in [-0.25, -0.2) is 8.42 Å². The number of thioether (sulfide) groups is 1. The molecular formula is C15H21NO5S2. The number of benzene rings is 1. The number of carboxylic acid groups (broad SMARTS) is 1. The standard InChI is InChI=1S/C15H21NO5S2/c1-3-10-23(20,21)13-7-5-4-6-12(13)22-11(2)15(19)16-9-8-14(17)18/h4-7,11H,3,8-10H2,1-2H3,(H,16,19)(H,17,18). The predicted molar refractivity (Wildman–Crippen MR) is 89.4 cm³/mol. The normalized spacial score (nSPS) is 12.6. The summed E-state index contributed by atoms with van der Waals surface area (Å²) in [4.78, 5) is 23.1. The van der Waals surface area contributed by atoms with Crippen molar-refractivity contribution in [1.82, 2.24) is 5.32 Å². The van der Waals surface area contributed by atoms with Gasteiger partial charge in [0.25, 0.3) is 0 Å². The first-order valence-corrected chi connectivity index (χ1v) is 9.79. The van der Waals surface area contributed by atoms with Gasteiger partial charge in [0, 0.05) is 11.4 Å². The van der Waals surface area contributed by atoms with Crippen molar-refractivity contribution < 1.29 is 23.1 Å². The van der Waals surface area contributed by atoms with E-state index in [-0.39, 0.29) is 29.5 Å². The first-order chi connectivity index (χ1) is 10.8. The van der Waals surface area contributed by atoms with Gasteiger partial charge in [0.1, 0.15) is 0 Å². The highest BCUT2D eigenvalue weighted by molar-refractivity contribution is 8.01. The molecule has 1 atom stereocenters. The number of hydrogen-bond acceptors (Lipinski definition) is 5. The number of carbonyl (C=O) groups is 2. The molecule has 23 heavy (non-hydrogen) atoms. The summed E-state index contributed by atoms with van der Waals surface area (Å²) in [7, 11) is -3.37. The molecule has 1 aromatic carbocycles. The molecule has 1 rings (SSSR count). The van der Waals surface area contributed by atoms with Crippen LogP contribution in [-0.4, -0.2) is 42.9 Å². The van der Waals surface area contributed by atoms with Gasteiger partial charge < -0.3 is 10.4 Å². The SMILES string of the molecule is CCCS(=O)(=O)c1ccccc1SC(C)C(=O)NCCC(=O)O. The number of sulfone groups is 1. The molecule has 0 heterocycles. The van der Waals surface area contributed by atoms with E-state index in [9.17, 15) is 18.0 Å². The van der Waals surface area contributed by atoms with Crippen LogP contribution in [0, 0.1) is 0 Å². The molecule has 0 bridgehead atoms. The third kappa shape index (κ3) is 6.23. The van der Waals surface area contributed by atoms with Crippen molar-refractivity contribution in [3.63, 3.8) is 0 Å². The summed E-state index contributed by atoms with van der Waals surface area (Å²) in [5.74, 6) is -1.25. The fraction of sp³-hybridized carbons (Fsp3) is 0.467. The zero-order valence-electron chi connectivity index (χ0n) is 13.1. The van der Waals surface area contributed by atoms with Gasteiger partial charge in [-0.1, -0.05) is 19.1 Å². The van der Waals surface area contributed by atoms with Crippen molar-refractivity contribution >= 4 is 33.5 Å². The second kappa shape index (κ2) is 8.93. The van der Waals surface area contributed by atoms with Gasteiger partial charge in [-0.15, -0.1) is 11.8 Å². The molecule has 1 aromatic rings. The van der Waals surface area contributed by atoms with Crippen LogP contribution >= 0.6 is 11.8 Å². The van der Waals surface area contributed by atoms with Crippen LogP contribution in [0.2, 0.25) is 0 Å². The van der Waals surface area contributed by atoms with Crippen molar-refractivity contribution in [3.05, 3.63) is 24.3 Å². The highest BCUT2D eigenvalue weighted by Gasteiger charge is 2.21. The topological polar surface area (TPSA) is 101 Å². The Morgan fingerprint density at radius 3 is 2.57 bits per heavy atom. The molecule has 0 fully saturated rings. The van der Waals surface area contributed by atoms with Gasteiger partial charge in [0.2, 0.25) is 5.91 Å². The zero-order chi connectivity index (χ0) is 17.5. The van der Waals surface area contributed by atoms with E-state index in [2.05, 4.69) is 5.32 Å². The number of rotatable bonds is 9. The summed E-state index contributed by atoms with van der Waals surface area (Å²) < 4.78 is 24.5. The maximum absolute atomic E-state index is 12.3. The molecule has 6 nitrogen and oxygen atoms in total. The number of carboxylic acids is 1. The van der Waals surface area contributed by atoms with Gasteiger partial charge in [0.15, 0.2) is 9.84 Å². The van der Waals surface area contributed by atoms with Crippen molar-refractivity contribution in [2.75, 3.05) is 12.3 Å². The third-order valence-corrected chi connectivity index (χ3v) is 6.25. The van der Waals surface area contributed by atoms with Crippen molar-refractivity contribution in [2.45, 2.75) is 41.7 Å². The molecule has 1 amide bonds. The molecule has 1 unspecified atom stereocenters. The van der Waals surface area contributed by atoms with Crippen LogP contribution in [-0.2, 0) is 19.4 Å². The van der Waals surface area contributed by atoms with Gasteiger partial charge in [0.05, 0.1) is 22.3 Å². The number of carbonyl (C=O) groups excluding carboxylic acids is 1. The fourth-order valence-corrected chi connectivity index (χ4v) is 4.72. The Hall–Kier alpha value is -1.54. The minimum Gasteiger partial charge on any atom is -0.481 e. The molecular weight excluding hydrogens is 338 g/mol. The number of aliphatic carboxylic acids is 1. The molecule has 128 valence electrons. The summed E-state index contributed by atoms with van der Waals surface area (Å²) in [6.07, 6.45) is 0.372. The summed E-state index contributed by atoms with van der Waals surface area (Å²) in [6, 6.07) is 6.60. The number of amides is 1. The summed E-state index contributed by atoms with van der Waals surface area (Å²) >= 11 is 1.15. The van der Waals surface area contributed by atoms with Crippen molar-refractivity contribution in [3.8, 4) is 0 Å². The first-order valence-electron chi connectivity index (χ1n) is 7.26. The van der Waals surface area contributed by atoms with Crippen LogP contribution in [0.4, 0.5) is 0 Å². The summed E-state index contributed by atoms with van der Waals surface area (Å²) in [5.41, 5.74) is 0. The lowest BCUT2D eigenvalue weighted by Gasteiger charge is -2.14. The van der Waals surface area contributed by atoms with E-state index in [0.29, 0.717) is 11.3 Å². The van der Waals surface area contributed by atoms with E-state index < -0.39 is 21.1 Å². The Morgan fingerprint density at radius 2 is 1.96 bits per heavy atom. The van der Waals surface area contributed by atoms with E-state index >= 15 is 0 Å². The zero-order valence-corrected chi connectivity index (χ0v) is 14.7. The molecule has 8 heteroatoms. The largest absolute Gasteiger partial charge is 0.481 e. The van der Waals surface area contributed by atoms with Crippen molar-refractivity contribution in [1.29, 1.82) is 0 Å². The van der Waals surface area contributed by atoms with Crippen molar-refractivity contribution in [2.24, 2.45) is 0 Å². The quantitative estimate of drug-likeness (QED) is 0.654. The molecule has 0 aliphatic rings. The van der Waals surface area contributed by atoms with Gasteiger partial charge in [-0.05, 0) is 25.5 Å². The van der Waals surface area contributed by atoms with Crippen LogP contribution in [0.15, 0.2) is 34.1 Å².